The quantitative estimate of drug-likeness (QED) is 0.281. The first-order valence-electron chi connectivity index (χ1n) is 8.73. The lowest BCUT2D eigenvalue weighted by atomic mass is 10.1. The summed E-state index contributed by atoms with van der Waals surface area (Å²) in [5, 5.41) is 8.96. The van der Waals surface area contributed by atoms with E-state index in [1.165, 1.54) is 16.1 Å². The summed E-state index contributed by atoms with van der Waals surface area (Å²) >= 11 is 1.80. The fraction of sp³-hybridized carbons (Fsp3) is 0.350. The van der Waals surface area contributed by atoms with Crippen LogP contribution in [0.25, 0.3) is 0 Å². The Morgan fingerprint density at radius 2 is 2.00 bits per heavy atom. The van der Waals surface area contributed by atoms with Gasteiger partial charge in [-0.15, -0.1) is 35.3 Å². The number of hydrogen-bond acceptors (Lipinski definition) is 3. The van der Waals surface area contributed by atoms with Crippen LogP contribution in [0.2, 0.25) is 0 Å². The van der Waals surface area contributed by atoms with Crippen LogP contribution in [0.3, 0.4) is 0 Å². The average Bonchev–Trinajstić information content (AvgIpc) is 3.35. The van der Waals surface area contributed by atoms with Crippen LogP contribution in [-0.4, -0.2) is 32.6 Å². The van der Waals surface area contributed by atoms with E-state index >= 15 is 0 Å². The van der Waals surface area contributed by atoms with Crippen LogP contribution in [-0.2, 0) is 6.54 Å². The van der Waals surface area contributed by atoms with Gasteiger partial charge < -0.3 is 15.5 Å². The lowest BCUT2D eigenvalue weighted by Gasteiger charge is -2.19. The molecule has 0 radical (unpaired) electrons. The van der Waals surface area contributed by atoms with Crippen LogP contribution in [0.15, 0.2) is 58.9 Å². The van der Waals surface area contributed by atoms with Crippen molar-refractivity contribution in [3.63, 3.8) is 0 Å². The fourth-order valence-corrected chi connectivity index (χ4v) is 3.67. The molecule has 3 rings (SSSR count). The van der Waals surface area contributed by atoms with Gasteiger partial charge in [0.2, 0.25) is 0 Å². The summed E-state index contributed by atoms with van der Waals surface area (Å²) in [7, 11) is 1.82. The Labute approximate surface area is 177 Å². The Bertz CT molecular complexity index is 719. The zero-order valence-corrected chi connectivity index (χ0v) is 18.5. The van der Waals surface area contributed by atoms with E-state index in [2.05, 4.69) is 81.4 Å². The molecular weight excluding hydrogens is 455 g/mol. The van der Waals surface area contributed by atoms with Gasteiger partial charge in [-0.25, -0.2) is 0 Å². The van der Waals surface area contributed by atoms with Gasteiger partial charge in [-0.1, -0.05) is 37.3 Å². The summed E-state index contributed by atoms with van der Waals surface area (Å²) in [5.74, 6) is 1.32. The van der Waals surface area contributed by atoms with Gasteiger partial charge in [-0.3, -0.25) is 4.99 Å². The van der Waals surface area contributed by atoms with Crippen LogP contribution in [0.4, 0.5) is 5.69 Å². The summed E-state index contributed by atoms with van der Waals surface area (Å²) in [5.41, 5.74) is 2.54. The van der Waals surface area contributed by atoms with Crippen molar-refractivity contribution < 1.29 is 0 Å². The fourth-order valence-electron chi connectivity index (χ4n) is 2.88. The summed E-state index contributed by atoms with van der Waals surface area (Å²) < 4.78 is 0. The second-order valence-corrected chi connectivity index (χ2v) is 7.25. The highest BCUT2D eigenvalue weighted by Crippen LogP contribution is 2.20. The van der Waals surface area contributed by atoms with Crippen molar-refractivity contribution in [1.82, 2.24) is 10.6 Å². The molecule has 2 aromatic rings. The molecule has 1 unspecified atom stereocenters. The molecule has 0 fully saturated rings. The largest absolute Gasteiger partial charge is 0.364 e. The standard InChI is InChI=1S/C20H26N4S.HI/c1-16(19-9-6-12-25-19)14-22-20(21-2)23-15-17-7-5-8-18(13-17)24-10-3-4-11-24;/h3-9,12-13,16H,10-11,14-15H2,1-2H3,(H2,21,22,23);1H. The van der Waals surface area contributed by atoms with Crippen LogP contribution < -0.4 is 15.5 Å². The van der Waals surface area contributed by atoms with E-state index in [1.54, 1.807) is 11.3 Å². The molecular formula is C20H27IN4S. The molecule has 26 heavy (non-hydrogen) atoms. The van der Waals surface area contributed by atoms with Crippen molar-refractivity contribution >= 4 is 47.0 Å². The zero-order valence-electron chi connectivity index (χ0n) is 15.3. The molecule has 0 spiro atoms. The van der Waals surface area contributed by atoms with E-state index in [1.807, 2.05) is 7.05 Å². The molecule has 2 heterocycles. The predicted molar refractivity (Wildman–Crippen MR) is 124 cm³/mol. The Balaban J connectivity index is 0.00000243. The molecule has 0 aliphatic carbocycles. The van der Waals surface area contributed by atoms with E-state index in [0.29, 0.717) is 5.92 Å². The van der Waals surface area contributed by atoms with Crippen LogP contribution in [0.5, 0.6) is 0 Å². The second kappa shape index (κ2) is 10.6. The highest BCUT2D eigenvalue weighted by molar-refractivity contribution is 14.0. The monoisotopic (exact) mass is 482 g/mol. The molecule has 0 saturated heterocycles. The van der Waals surface area contributed by atoms with Crippen molar-refractivity contribution in [3.8, 4) is 0 Å². The maximum atomic E-state index is 4.33. The number of nitrogens with one attached hydrogen (secondary N) is 2. The molecule has 140 valence electrons. The minimum atomic E-state index is 0. The molecule has 4 nitrogen and oxygen atoms in total. The second-order valence-electron chi connectivity index (χ2n) is 6.27. The Hall–Kier alpha value is -1.54. The Kier molecular flexibility index (Phi) is 8.44. The van der Waals surface area contributed by atoms with Gasteiger partial charge in [0.1, 0.15) is 0 Å². The van der Waals surface area contributed by atoms with Gasteiger partial charge in [0.25, 0.3) is 0 Å². The van der Waals surface area contributed by atoms with Gasteiger partial charge in [0, 0.05) is 49.7 Å². The van der Waals surface area contributed by atoms with Crippen LogP contribution in [0, 0.1) is 0 Å². The van der Waals surface area contributed by atoms with Crippen molar-refractivity contribution in [2.75, 3.05) is 31.6 Å². The average molecular weight is 482 g/mol. The van der Waals surface area contributed by atoms with Crippen molar-refractivity contribution in [3.05, 3.63) is 64.4 Å². The first-order chi connectivity index (χ1) is 12.3. The topological polar surface area (TPSA) is 39.7 Å². The van der Waals surface area contributed by atoms with Gasteiger partial charge >= 0.3 is 0 Å². The SMILES string of the molecule is CN=C(NCc1cccc(N2CC=CC2)c1)NCC(C)c1cccs1.I. The summed E-state index contributed by atoms with van der Waals surface area (Å²) in [6.07, 6.45) is 4.43. The molecule has 0 saturated carbocycles. The molecule has 6 heteroatoms. The number of hydrogen-bond donors (Lipinski definition) is 2. The normalized spacial score (nSPS) is 14.8. The minimum absolute atomic E-state index is 0. The Morgan fingerprint density at radius 3 is 2.69 bits per heavy atom. The molecule has 0 amide bonds. The van der Waals surface area contributed by atoms with Crippen LogP contribution in [0.1, 0.15) is 23.3 Å². The molecule has 1 aromatic heterocycles. The first kappa shape index (κ1) is 20.8. The van der Waals surface area contributed by atoms with Crippen molar-refractivity contribution in [2.24, 2.45) is 4.99 Å². The zero-order chi connectivity index (χ0) is 17.5. The molecule has 2 N–H and O–H groups in total. The van der Waals surface area contributed by atoms with E-state index in [9.17, 15) is 0 Å². The number of halogens is 1. The third kappa shape index (κ3) is 5.74. The van der Waals surface area contributed by atoms with Gasteiger partial charge in [0.15, 0.2) is 5.96 Å². The van der Waals surface area contributed by atoms with E-state index in [0.717, 1.165) is 32.1 Å². The Morgan fingerprint density at radius 1 is 1.19 bits per heavy atom. The molecule has 0 bridgehead atoms. The number of nitrogens with zero attached hydrogens (tertiary/aromatic N) is 2. The maximum Gasteiger partial charge on any atom is 0.191 e. The van der Waals surface area contributed by atoms with E-state index < -0.39 is 0 Å². The molecule has 1 aliphatic rings. The number of rotatable bonds is 6. The van der Waals surface area contributed by atoms with Crippen molar-refractivity contribution in [2.45, 2.75) is 19.4 Å². The summed E-state index contributed by atoms with van der Waals surface area (Å²) in [6, 6.07) is 13.0. The number of anilines is 1. The highest BCUT2D eigenvalue weighted by atomic mass is 127. The van der Waals surface area contributed by atoms with E-state index in [-0.39, 0.29) is 24.0 Å². The van der Waals surface area contributed by atoms with Gasteiger partial charge in [-0.2, -0.15) is 0 Å². The third-order valence-electron chi connectivity index (χ3n) is 4.38. The number of guanidine groups is 1. The molecule has 1 aromatic carbocycles. The number of thiophene rings is 1. The third-order valence-corrected chi connectivity index (χ3v) is 5.49. The smallest absolute Gasteiger partial charge is 0.191 e. The number of aliphatic imine (C=N–C) groups is 1. The minimum Gasteiger partial charge on any atom is -0.364 e. The summed E-state index contributed by atoms with van der Waals surface area (Å²) in [6.45, 7) is 5.88. The van der Waals surface area contributed by atoms with E-state index in [4.69, 9.17) is 0 Å². The van der Waals surface area contributed by atoms with Crippen molar-refractivity contribution in [1.29, 1.82) is 0 Å². The molecule has 1 atom stereocenters. The highest BCUT2D eigenvalue weighted by Gasteiger charge is 2.09. The van der Waals surface area contributed by atoms with Gasteiger partial charge in [0.05, 0.1) is 0 Å². The first-order valence-corrected chi connectivity index (χ1v) is 9.61. The predicted octanol–water partition coefficient (Wildman–Crippen LogP) is 4.21. The number of benzene rings is 1. The lowest BCUT2D eigenvalue weighted by Crippen LogP contribution is -2.38. The van der Waals surface area contributed by atoms with Gasteiger partial charge in [-0.05, 0) is 29.1 Å². The maximum absolute atomic E-state index is 4.33. The summed E-state index contributed by atoms with van der Waals surface area (Å²) in [4.78, 5) is 8.09. The van der Waals surface area contributed by atoms with Crippen LogP contribution >= 0.6 is 35.3 Å². The molecule has 1 aliphatic heterocycles. The lowest BCUT2D eigenvalue weighted by molar-refractivity contribution is 0.708.